The monoisotopic (exact) mass is 397 g/mol. The first-order valence-corrected chi connectivity index (χ1v) is 9.28. The molecule has 0 fully saturated rings. The van der Waals surface area contributed by atoms with Crippen molar-refractivity contribution in [2.24, 2.45) is 0 Å². The predicted molar refractivity (Wildman–Crippen MR) is 99.9 cm³/mol. The van der Waals surface area contributed by atoms with Crippen LogP contribution in [-0.4, -0.2) is 8.07 Å². The van der Waals surface area contributed by atoms with E-state index in [1.54, 1.807) is 10.4 Å². The average molecular weight is 399 g/mol. The van der Waals surface area contributed by atoms with Gasteiger partial charge in [-0.2, -0.15) is 11.3 Å². The first kappa shape index (κ1) is 26.4. The molecule has 0 aliphatic heterocycles. The van der Waals surface area contributed by atoms with Crippen LogP contribution in [0.2, 0.25) is 13.1 Å². The molecule has 2 rings (SSSR count). The van der Waals surface area contributed by atoms with Crippen molar-refractivity contribution < 1.29 is 21.7 Å². The van der Waals surface area contributed by atoms with Crippen molar-refractivity contribution in [1.29, 1.82) is 0 Å². The fraction of sp³-hybridized carbons (Fsp3) is 0.375. The molecule has 0 nitrogen and oxygen atoms in total. The second-order valence-electron chi connectivity index (χ2n) is 5.63. The molecule has 0 saturated heterocycles. The summed E-state index contributed by atoms with van der Waals surface area (Å²) in [6, 6.07) is 6.99. The molecule has 0 bridgehead atoms. The number of allylic oxidation sites excluding steroid dienone is 4. The van der Waals surface area contributed by atoms with Gasteiger partial charge in [-0.15, -0.1) is 43.6 Å². The van der Waals surface area contributed by atoms with E-state index in [0.29, 0.717) is 0 Å². The maximum Gasteiger partial charge on any atom is 0.0278 e. The molecule has 0 amide bonds. The van der Waals surface area contributed by atoms with E-state index < -0.39 is 8.07 Å². The van der Waals surface area contributed by atoms with Gasteiger partial charge in [-0.3, -0.25) is 6.08 Å². The van der Waals surface area contributed by atoms with E-state index in [2.05, 4.69) is 64.2 Å². The van der Waals surface area contributed by atoms with Crippen molar-refractivity contribution >= 4 is 50.5 Å². The molecule has 1 aromatic carbocycles. The third-order valence-electron chi connectivity index (χ3n) is 3.69. The Kier molecular flexibility index (Phi) is 13.0. The van der Waals surface area contributed by atoms with E-state index in [1.807, 2.05) is 0 Å². The fourth-order valence-corrected chi connectivity index (χ4v) is 5.90. The van der Waals surface area contributed by atoms with Crippen molar-refractivity contribution in [2.45, 2.75) is 40.3 Å². The van der Waals surface area contributed by atoms with Crippen molar-refractivity contribution in [1.82, 2.24) is 0 Å². The van der Waals surface area contributed by atoms with Gasteiger partial charge in [-0.1, -0.05) is 54.5 Å². The number of halogens is 3. The Labute approximate surface area is 164 Å². The Bertz CT molecular complexity index is 502. The summed E-state index contributed by atoms with van der Waals surface area (Å²) in [5, 5.41) is 3.12. The van der Waals surface area contributed by atoms with Crippen molar-refractivity contribution in [2.75, 3.05) is 0 Å². The van der Waals surface area contributed by atoms with Gasteiger partial charge in [0.15, 0.2) is 0 Å². The van der Waals surface area contributed by atoms with Gasteiger partial charge in [0.05, 0.1) is 0 Å². The fourth-order valence-electron chi connectivity index (χ4n) is 2.77. The predicted octanol–water partition coefficient (Wildman–Crippen LogP) is 5.10. The van der Waals surface area contributed by atoms with Crippen molar-refractivity contribution in [3.05, 3.63) is 52.2 Å². The summed E-state index contributed by atoms with van der Waals surface area (Å²) in [5.41, 5.74) is 4.13. The summed E-state index contributed by atoms with van der Waals surface area (Å²) < 4.78 is 0. The third-order valence-corrected chi connectivity index (χ3v) is 7.35. The zero-order valence-corrected chi connectivity index (χ0v) is 18.3. The third kappa shape index (κ3) is 5.90. The molecular weight excluding hydrogens is 374 g/mol. The molecule has 0 heterocycles. The minimum absolute atomic E-state index is 0. The van der Waals surface area contributed by atoms with E-state index in [0.717, 1.165) is 6.42 Å². The topological polar surface area (TPSA) is 0 Å². The second-order valence-corrected chi connectivity index (χ2v) is 9.99. The molecule has 0 radical (unpaired) electrons. The van der Waals surface area contributed by atoms with Gasteiger partial charge in [-0.25, -0.2) is 5.57 Å². The maximum absolute atomic E-state index is 3.43. The molecule has 21 heavy (non-hydrogen) atoms. The molecule has 0 atom stereocenters. The minimum Gasteiger partial charge on any atom is -0.270 e. The van der Waals surface area contributed by atoms with E-state index in [9.17, 15) is 0 Å². The van der Waals surface area contributed by atoms with Crippen LogP contribution in [0, 0.1) is 19.9 Å². The molecule has 1 aromatic rings. The number of rotatable bonds is 2. The number of benzene rings is 1. The smallest absolute Gasteiger partial charge is 0.0278 e. The van der Waals surface area contributed by atoms with Gasteiger partial charge in [0.1, 0.15) is 0 Å². The Morgan fingerprint density at radius 1 is 0.905 bits per heavy atom. The molecule has 5 heteroatoms. The molecular formula is C16H24Cl3SiTi-. The standard InChI is InChI=1S/C16H21Si.3ClH.Ti/c1-12-9-13(2)11-15(10-12)17(4,5)16-8-6-7-14(16)3;;;;/h8-11H,6H2,1-5H3;3*1H;/q-1;;;;. The van der Waals surface area contributed by atoms with E-state index in [1.165, 1.54) is 16.7 Å². The van der Waals surface area contributed by atoms with E-state index in [4.69, 9.17) is 0 Å². The Balaban J connectivity index is -0.000000810. The van der Waals surface area contributed by atoms with Crippen LogP contribution in [0.4, 0.5) is 0 Å². The van der Waals surface area contributed by atoms with Gasteiger partial charge < -0.3 is 0 Å². The van der Waals surface area contributed by atoms with Crippen LogP contribution in [-0.2, 0) is 21.7 Å². The van der Waals surface area contributed by atoms with Gasteiger partial charge in [0, 0.05) is 29.8 Å². The summed E-state index contributed by atoms with van der Waals surface area (Å²) in [6.07, 6.45) is 6.81. The molecule has 0 N–H and O–H groups in total. The summed E-state index contributed by atoms with van der Waals surface area (Å²) in [5.74, 6) is 0. The molecule has 1 aliphatic rings. The van der Waals surface area contributed by atoms with Gasteiger partial charge in [-0.05, 0) is 13.8 Å². The first-order chi connectivity index (χ1) is 7.91. The largest absolute Gasteiger partial charge is 0.270 e. The van der Waals surface area contributed by atoms with Gasteiger partial charge >= 0.3 is 0 Å². The quantitative estimate of drug-likeness (QED) is 0.480. The van der Waals surface area contributed by atoms with Crippen LogP contribution < -0.4 is 5.19 Å². The number of hydrogen-bond donors (Lipinski definition) is 0. The first-order valence-electron chi connectivity index (χ1n) is 6.28. The zero-order chi connectivity index (χ0) is 12.6. The minimum atomic E-state index is -1.51. The second kappa shape index (κ2) is 10.3. The molecule has 0 aromatic heterocycles. The van der Waals surface area contributed by atoms with Crippen molar-refractivity contribution in [3.63, 3.8) is 0 Å². The summed E-state index contributed by atoms with van der Waals surface area (Å²) in [7, 11) is -1.51. The molecule has 0 spiro atoms. The molecule has 0 saturated carbocycles. The molecule has 1 aliphatic carbocycles. The van der Waals surface area contributed by atoms with Crippen LogP contribution in [0.25, 0.3) is 0 Å². The van der Waals surface area contributed by atoms with Gasteiger partial charge in [0.2, 0.25) is 0 Å². The Hall–Kier alpha value is 0.501. The Morgan fingerprint density at radius 2 is 1.38 bits per heavy atom. The summed E-state index contributed by atoms with van der Waals surface area (Å²) in [6.45, 7) is 11.5. The van der Waals surface area contributed by atoms with E-state index in [-0.39, 0.29) is 58.9 Å². The zero-order valence-electron chi connectivity index (χ0n) is 13.2. The number of aryl methyl sites for hydroxylation is 2. The van der Waals surface area contributed by atoms with Crippen LogP contribution >= 0.6 is 37.2 Å². The number of hydrogen-bond acceptors (Lipinski definition) is 0. The Morgan fingerprint density at radius 3 is 1.76 bits per heavy atom. The summed E-state index contributed by atoms with van der Waals surface area (Å²) >= 11 is 0. The van der Waals surface area contributed by atoms with Crippen LogP contribution in [0.5, 0.6) is 0 Å². The average Bonchev–Trinajstić information content (AvgIpc) is 2.63. The van der Waals surface area contributed by atoms with E-state index >= 15 is 0 Å². The summed E-state index contributed by atoms with van der Waals surface area (Å²) in [4.78, 5) is 0. The maximum atomic E-state index is 3.43. The molecule has 118 valence electrons. The normalized spacial score (nSPS) is 12.8. The van der Waals surface area contributed by atoms with Gasteiger partial charge in [0.25, 0.3) is 0 Å². The van der Waals surface area contributed by atoms with Crippen molar-refractivity contribution in [3.8, 4) is 0 Å². The van der Waals surface area contributed by atoms with Crippen LogP contribution in [0.1, 0.15) is 24.5 Å². The van der Waals surface area contributed by atoms with Crippen LogP contribution in [0.3, 0.4) is 0 Å². The van der Waals surface area contributed by atoms with Crippen LogP contribution in [0.15, 0.2) is 35.0 Å². The SMILES string of the molecule is CC1=[C-]CC=C1[Si](C)(C)c1cc(C)cc(C)c1.Cl.Cl.Cl.[Ti]. The molecule has 0 unspecified atom stereocenters.